The van der Waals surface area contributed by atoms with Crippen LogP contribution in [0.4, 0.5) is 0 Å². The van der Waals surface area contributed by atoms with Crippen molar-refractivity contribution in [1.29, 1.82) is 0 Å². The summed E-state index contributed by atoms with van der Waals surface area (Å²) in [6.45, 7) is 2.78. The Bertz CT molecular complexity index is 930. The van der Waals surface area contributed by atoms with Crippen molar-refractivity contribution in [3.8, 4) is 11.5 Å². The molecule has 0 bridgehead atoms. The van der Waals surface area contributed by atoms with Crippen molar-refractivity contribution in [3.05, 3.63) is 52.5 Å². The molecule has 5 nitrogen and oxygen atoms in total. The summed E-state index contributed by atoms with van der Waals surface area (Å²) in [5.74, 6) is 1.71. The van der Waals surface area contributed by atoms with Gasteiger partial charge in [0.2, 0.25) is 0 Å². The van der Waals surface area contributed by atoms with E-state index in [2.05, 4.69) is 33.0 Å². The van der Waals surface area contributed by atoms with Crippen LogP contribution in [-0.4, -0.2) is 45.4 Å². The Balaban J connectivity index is 1.47. The summed E-state index contributed by atoms with van der Waals surface area (Å²) >= 11 is 3.35. The van der Waals surface area contributed by atoms with Crippen LogP contribution in [0.5, 0.6) is 11.5 Å². The smallest absolute Gasteiger partial charge is 0.179 e. The second-order valence-corrected chi connectivity index (χ2v) is 10.2. The van der Waals surface area contributed by atoms with Gasteiger partial charge < -0.3 is 9.47 Å². The number of fused-ring (bicyclic) bond motifs is 1. The van der Waals surface area contributed by atoms with Gasteiger partial charge in [-0.1, -0.05) is 22.0 Å². The van der Waals surface area contributed by atoms with E-state index >= 15 is 0 Å². The van der Waals surface area contributed by atoms with Gasteiger partial charge >= 0.3 is 0 Å². The first-order valence-electron chi connectivity index (χ1n) is 9.65. The minimum absolute atomic E-state index is 0.121. The predicted octanol–water partition coefficient (Wildman–Crippen LogP) is 4.22. The zero-order chi connectivity index (χ0) is 19.6. The number of hydrogen-bond donors (Lipinski definition) is 0. The molecule has 4 rings (SSSR count). The summed E-state index contributed by atoms with van der Waals surface area (Å²) in [7, 11) is -3.30. The van der Waals surface area contributed by atoms with Gasteiger partial charge in [-0.3, -0.25) is 4.90 Å². The fraction of sp³-hybridized carbons (Fsp3) is 0.429. The van der Waals surface area contributed by atoms with E-state index in [1.165, 1.54) is 5.56 Å². The van der Waals surface area contributed by atoms with Gasteiger partial charge in [0, 0.05) is 23.5 Å². The highest BCUT2D eigenvalue weighted by molar-refractivity contribution is 9.10. The van der Waals surface area contributed by atoms with Crippen LogP contribution in [0.25, 0.3) is 0 Å². The molecular weight excluding hydrogens is 442 g/mol. The average Bonchev–Trinajstić information content (AvgIpc) is 3.03. The summed E-state index contributed by atoms with van der Waals surface area (Å²) in [6, 6.07) is 13.2. The third kappa shape index (κ3) is 4.36. The number of likely N-dealkylation sites (tertiary alicyclic amines) is 1. The molecule has 2 aromatic carbocycles. The Morgan fingerprint density at radius 3 is 2.54 bits per heavy atom. The highest BCUT2D eigenvalue weighted by Crippen LogP contribution is 2.37. The Morgan fingerprint density at radius 2 is 1.75 bits per heavy atom. The molecule has 0 amide bonds. The minimum Gasteiger partial charge on any atom is -0.490 e. The molecule has 2 aliphatic rings. The average molecular weight is 466 g/mol. The molecule has 0 radical (unpaired) electrons. The van der Waals surface area contributed by atoms with Crippen LogP contribution < -0.4 is 9.47 Å². The summed E-state index contributed by atoms with van der Waals surface area (Å²) in [5.41, 5.74) is 1.17. The fourth-order valence-corrected chi connectivity index (χ4v) is 5.38. The van der Waals surface area contributed by atoms with Crippen LogP contribution >= 0.6 is 15.9 Å². The lowest BCUT2D eigenvalue weighted by molar-refractivity contribution is 0.270. The lowest BCUT2D eigenvalue weighted by atomic mass is 10.0. The first-order chi connectivity index (χ1) is 13.5. The number of hydrogen-bond acceptors (Lipinski definition) is 5. The second-order valence-electron chi connectivity index (χ2n) is 7.22. The predicted molar refractivity (Wildman–Crippen MR) is 112 cm³/mol. The first-order valence-corrected chi connectivity index (χ1v) is 12.1. The number of halogens is 1. The number of benzene rings is 2. The molecule has 2 aromatic rings. The number of sulfone groups is 1. The minimum atomic E-state index is -3.30. The van der Waals surface area contributed by atoms with Crippen LogP contribution in [-0.2, 0) is 9.84 Å². The third-order valence-electron chi connectivity index (χ3n) is 5.34. The molecule has 28 heavy (non-hydrogen) atoms. The quantitative estimate of drug-likeness (QED) is 0.661. The SMILES string of the molecule is O=S(=O)(CCN1CCC[C@@H]1c1ccc2c(c1)OCCCO2)c1ccc(Br)cc1. The second kappa shape index (κ2) is 8.43. The van der Waals surface area contributed by atoms with E-state index in [9.17, 15) is 8.42 Å². The molecule has 0 aliphatic carbocycles. The molecule has 2 aliphatic heterocycles. The number of rotatable bonds is 5. The normalized spacial score (nSPS) is 20.1. The molecule has 0 spiro atoms. The van der Waals surface area contributed by atoms with Gasteiger partial charge in [-0.2, -0.15) is 0 Å². The zero-order valence-electron chi connectivity index (χ0n) is 15.6. The van der Waals surface area contributed by atoms with Crippen molar-refractivity contribution in [2.45, 2.75) is 30.2 Å². The molecule has 0 unspecified atom stereocenters. The van der Waals surface area contributed by atoms with E-state index in [-0.39, 0.29) is 11.8 Å². The summed E-state index contributed by atoms with van der Waals surface area (Å²) in [5, 5.41) is 0. The molecule has 150 valence electrons. The molecule has 1 atom stereocenters. The summed E-state index contributed by atoms with van der Waals surface area (Å²) in [6.07, 6.45) is 2.98. The van der Waals surface area contributed by atoms with E-state index in [1.807, 2.05) is 6.07 Å². The first kappa shape index (κ1) is 19.7. The highest BCUT2D eigenvalue weighted by Gasteiger charge is 2.28. The van der Waals surface area contributed by atoms with Crippen molar-refractivity contribution >= 4 is 25.8 Å². The van der Waals surface area contributed by atoms with E-state index in [0.29, 0.717) is 24.7 Å². The lowest BCUT2D eigenvalue weighted by Gasteiger charge is -2.25. The summed E-state index contributed by atoms with van der Waals surface area (Å²) in [4.78, 5) is 2.65. The van der Waals surface area contributed by atoms with Gasteiger partial charge in [0.15, 0.2) is 21.3 Å². The van der Waals surface area contributed by atoms with Gasteiger partial charge in [0.25, 0.3) is 0 Å². The Labute approximate surface area is 174 Å². The van der Waals surface area contributed by atoms with E-state index < -0.39 is 9.84 Å². The van der Waals surface area contributed by atoms with Crippen molar-refractivity contribution in [1.82, 2.24) is 4.90 Å². The van der Waals surface area contributed by atoms with Crippen LogP contribution in [0.2, 0.25) is 0 Å². The van der Waals surface area contributed by atoms with Crippen LogP contribution in [0, 0.1) is 0 Å². The van der Waals surface area contributed by atoms with Gasteiger partial charge in [-0.05, 0) is 61.3 Å². The molecule has 1 saturated heterocycles. The van der Waals surface area contributed by atoms with Crippen molar-refractivity contribution < 1.29 is 17.9 Å². The van der Waals surface area contributed by atoms with Crippen LogP contribution in [0.15, 0.2) is 51.8 Å². The molecule has 0 saturated carbocycles. The molecule has 7 heteroatoms. The maximum absolute atomic E-state index is 12.7. The van der Waals surface area contributed by atoms with Crippen molar-refractivity contribution in [3.63, 3.8) is 0 Å². The van der Waals surface area contributed by atoms with E-state index in [0.717, 1.165) is 41.8 Å². The van der Waals surface area contributed by atoms with Gasteiger partial charge in [-0.25, -0.2) is 8.42 Å². The van der Waals surface area contributed by atoms with Gasteiger partial charge in [-0.15, -0.1) is 0 Å². The summed E-state index contributed by atoms with van der Waals surface area (Å²) < 4.78 is 37.8. The maximum atomic E-state index is 12.7. The van der Waals surface area contributed by atoms with E-state index in [4.69, 9.17) is 9.47 Å². The lowest BCUT2D eigenvalue weighted by Crippen LogP contribution is -2.29. The molecule has 0 aromatic heterocycles. The topological polar surface area (TPSA) is 55.8 Å². The molecule has 0 N–H and O–H groups in total. The van der Waals surface area contributed by atoms with E-state index in [1.54, 1.807) is 24.3 Å². The molecule has 2 heterocycles. The van der Waals surface area contributed by atoms with Gasteiger partial charge in [0.05, 0.1) is 23.9 Å². The molecule has 1 fully saturated rings. The van der Waals surface area contributed by atoms with Crippen molar-refractivity contribution in [2.75, 3.05) is 32.1 Å². The third-order valence-corrected chi connectivity index (χ3v) is 7.58. The number of ether oxygens (including phenoxy) is 2. The Kier molecular flexibility index (Phi) is 5.94. The van der Waals surface area contributed by atoms with Crippen LogP contribution in [0.1, 0.15) is 30.9 Å². The monoisotopic (exact) mass is 465 g/mol. The standard InChI is InChI=1S/C21H24BrNO4S/c22-17-5-7-18(8-6-17)28(24,25)14-11-23-10-1-3-19(23)16-4-9-20-21(15-16)27-13-2-12-26-20/h4-9,15,19H,1-3,10-14H2/t19-/m1/s1. The fourth-order valence-electron chi connectivity index (χ4n) is 3.86. The van der Waals surface area contributed by atoms with Crippen molar-refractivity contribution in [2.24, 2.45) is 0 Å². The Morgan fingerprint density at radius 1 is 1.00 bits per heavy atom. The zero-order valence-corrected chi connectivity index (χ0v) is 18.0. The molecular formula is C21H24BrNO4S. The number of nitrogens with zero attached hydrogens (tertiary/aromatic N) is 1. The Hall–Kier alpha value is -1.57. The highest BCUT2D eigenvalue weighted by atomic mass is 79.9. The van der Waals surface area contributed by atoms with Crippen LogP contribution in [0.3, 0.4) is 0 Å². The largest absolute Gasteiger partial charge is 0.490 e. The van der Waals surface area contributed by atoms with Gasteiger partial charge in [0.1, 0.15) is 0 Å². The maximum Gasteiger partial charge on any atom is 0.179 e.